The smallest absolute Gasteiger partial charge is 0.251 e. The number of halogens is 1. The zero-order valence-corrected chi connectivity index (χ0v) is 15.4. The average molecular weight is 373 g/mol. The van der Waals surface area contributed by atoms with Crippen molar-refractivity contribution in [2.75, 3.05) is 31.7 Å². The summed E-state index contributed by atoms with van der Waals surface area (Å²) in [7, 11) is 1.65. The second kappa shape index (κ2) is 7.08. The number of nitrogens with zero attached hydrogens (tertiary/aromatic N) is 1. The fourth-order valence-corrected chi connectivity index (χ4v) is 3.77. The largest absolute Gasteiger partial charge is 0.495 e. The van der Waals surface area contributed by atoms with E-state index in [1.165, 1.54) is 0 Å². The highest BCUT2D eigenvalue weighted by atomic mass is 35.5. The van der Waals surface area contributed by atoms with Gasteiger partial charge in [0.05, 0.1) is 19.4 Å². The SMILES string of the molecule is COc1ccc(Cl)cc1N1CCC(NC(=O)c2ccc3c(c2)CCO3)C1. The number of anilines is 1. The van der Waals surface area contributed by atoms with E-state index in [9.17, 15) is 4.79 Å². The first-order chi connectivity index (χ1) is 12.6. The van der Waals surface area contributed by atoms with Crippen molar-refractivity contribution < 1.29 is 14.3 Å². The Morgan fingerprint density at radius 3 is 3.04 bits per heavy atom. The van der Waals surface area contributed by atoms with Crippen molar-refractivity contribution in [2.45, 2.75) is 18.9 Å². The number of hydrogen-bond acceptors (Lipinski definition) is 4. The summed E-state index contributed by atoms with van der Waals surface area (Å²) in [6.07, 6.45) is 1.75. The molecule has 0 aromatic heterocycles. The molecule has 0 bridgehead atoms. The molecule has 2 aliphatic heterocycles. The predicted molar refractivity (Wildman–Crippen MR) is 102 cm³/mol. The summed E-state index contributed by atoms with van der Waals surface area (Å²) in [5.74, 6) is 1.64. The van der Waals surface area contributed by atoms with Gasteiger partial charge in [-0.1, -0.05) is 11.6 Å². The third-order valence-electron chi connectivity index (χ3n) is 4.96. The molecule has 6 heteroatoms. The Bertz CT molecular complexity index is 840. The summed E-state index contributed by atoms with van der Waals surface area (Å²) >= 11 is 6.14. The van der Waals surface area contributed by atoms with Crippen LogP contribution in [-0.4, -0.2) is 38.8 Å². The lowest BCUT2D eigenvalue weighted by molar-refractivity contribution is 0.0940. The molecule has 0 radical (unpaired) electrons. The Morgan fingerprint density at radius 2 is 2.19 bits per heavy atom. The number of hydrogen-bond donors (Lipinski definition) is 1. The number of methoxy groups -OCH3 is 1. The molecule has 2 aromatic rings. The number of ether oxygens (including phenoxy) is 2. The molecule has 2 aromatic carbocycles. The molecule has 0 aliphatic carbocycles. The van der Waals surface area contributed by atoms with Crippen LogP contribution in [0.1, 0.15) is 22.3 Å². The standard InChI is InChI=1S/C20H21ClN2O3/c1-25-19-5-3-15(21)11-17(19)23-8-6-16(12-23)22-20(24)14-2-4-18-13(10-14)7-9-26-18/h2-5,10-11,16H,6-9,12H2,1H3,(H,22,24). The van der Waals surface area contributed by atoms with Gasteiger partial charge in [0, 0.05) is 36.1 Å². The number of carbonyl (C=O) groups excluding carboxylic acids is 1. The zero-order valence-electron chi connectivity index (χ0n) is 14.6. The highest BCUT2D eigenvalue weighted by Crippen LogP contribution is 2.33. The molecule has 1 unspecified atom stereocenters. The lowest BCUT2D eigenvalue weighted by Crippen LogP contribution is -2.37. The molecule has 1 saturated heterocycles. The van der Waals surface area contributed by atoms with Crippen molar-refractivity contribution in [1.29, 1.82) is 0 Å². The molecule has 1 amide bonds. The van der Waals surface area contributed by atoms with Crippen molar-refractivity contribution in [3.8, 4) is 11.5 Å². The molecule has 0 spiro atoms. The van der Waals surface area contributed by atoms with E-state index < -0.39 is 0 Å². The average Bonchev–Trinajstić information content (AvgIpc) is 3.30. The fraction of sp³-hybridized carbons (Fsp3) is 0.350. The van der Waals surface area contributed by atoms with Crippen molar-refractivity contribution in [1.82, 2.24) is 5.32 Å². The van der Waals surface area contributed by atoms with Gasteiger partial charge in [0.15, 0.2) is 0 Å². The first-order valence-electron chi connectivity index (χ1n) is 8.79. The monoisotopic (exact) mass is 372 g/mol. The van der Waals surface area contributed by atoms with Gasteiger partial charge in [-0.3, -0.25) is 4.79 Å². The van der Waals surface area contributed by atoms with E-state index in [1.54, 1.807) is 7.11 Å². The topological polar surface area (TPSA) is 50.8 Å². The summed E-state index contributed by atoms with van der Waals surface area (Å²) in [5, 5.41) is 3.82. The summed E-state index contributed by atoms with van der Waals surface area (Å²) in [5.41, 5.74) is 2.76. The van der Waals surface area contributed by atoms with Crippen LogP contribution in [0.15, 0.2) is 36.4 Å². The molecule has 2 heterocycles. The second-order valence-corrected chi connectivity index (χ2v) is 7.08. The molecule has 1 fully saturated rings. The molecule has 4 rings (SSSR count). The van der Waals surface area contributed by atoms with Crippen LogP contribution >= 0.6 is 11.6 Å². The first kappa shape index (κ1) is 17.0. The van der Waals surface area contributed by atoms with E-state index in [1.807, 2.05) is 36.4 Å². The number of carbonyl (C=O) groups is 1. The molecule has 1 atom stereocenters. The molecule has 0 saturated carbocycles. The summed E-state index contributed by atoms with van der Waals surface area (Å²) in [6, 6.07) is 11.3. The Balaban J connectivity index is 1.43. The normalized spacial score (nSPS) is 18.4. The van der Waals surface area contributed by atoms with Crippen molar-refractivity contribution in [3.05, 3.63) is 52.5 Å². The number of amides is 1. The second-order valence-electron chi connectivity index (χ2n) is 6.64. The van der Waals surface area contributed by atoms with Crippen molar-refractivity contribution in [3.63, 3.8) is 0 Å². The minimum Gasteiger partial charge on any atom is -0.495 e. The van der Waals surface area contributed by atoms with E-state index >= 15 is 0 Å². The molecular weight excluding hydrogens is 352 g/mol. The molecule has 1 N–H and O–H groups in total. The van der Waals surface area contributed by atoms with Crippen LogP contribution in [0.25, 0.3) is 0 Å². The summed E-state index contributed by atoms with van der Waals surface area (Å²) in [4.78, 5) is 14.8. The van der Waals surface area contributed by atoms with Gasteiger partial charge in [-0.25, -0.2) is 0 Å². The summed E-state index contributed by atoms with van der Waals surface area (Å²) < 4.78 is 10.9. The van der Waals surface area contributed by atoms with Gasteiger partial charge >= 0.3 is 0 Å². The maximum Gasteiger partial charge on any atom is 0.251 e. The predicted octanol–water partition coefficient (Wildman–Crippen LogP) is 3.29. The van der Waals surface area contributed by atoms with E-state index in [0.717, 1.165) is 48.7 Å². The van der Waals surface area contributed by atoms with E-state index in [-0.39, 0.29) is 11.9 Å². The third-order valence-corrected chi connectivity index (χ3v) is 5.19. The molecule has 2 aliphatic rings. The first-order valence-corrected chi connectivity index (χ1v) is 9.17. The molecule has 5 nitrogen and oxygen atoms in total. The van der Waals surface area contributed by atoms with Crippen molar-refractivity contribution in [2.24, 2.45) is 0 Å². The quantitative estimate of drug-likeness (QED) is 0.894. The van der Waals surface area contributed by atoms with Crippen LogP contribution in [-0.2, 0) is 6.42 Å². The van der Waals surface area contributed by atoms with Gasteiger partial charge < -0.3 is 19.7 Å². The highest BCUT2D eigenvalue weighted by molar-refractivity contribution is 6.30. The summed E-state index contributed by atoms with van der Waals surface area (Å²) in [6.45, 7) is 2.27. The van der Waals surface area contributed by atoms with Gasteiger partial charge in [-0.2, -0.15) is 0 Å². The Kier molecular flexibility index (Phi) is 4.64. The van der Waals surface area contributed by atoms with E-state index in [4.69, 9.17) is 21.1 Å². The zero-order chi connectivity index (χ0) is 18.1. The Morgan fingerprint density at radius 1 is 1.31 bits per heavy atom. The minimum atomic E-state index is -0.0374. The fourth-order valence-electron chi connectivity index (χ4n) is 3.60. The van der Waals surface area contributed by atoms with Crippen LogP contribution in [0.4, 0.5) is 5.69 Å². The Hall–Kier alpha value is -2.40. The number of nitrogens with one attached hydrogen (secondary N) is 1. The van der Waals surface area contributed by atoms with Crippen molar-refractivity contribution >= 4 is 23.2 Å². The maximum atomic E-state index is 12.6. The van der Waals surface area contributed by atoms with Gasteiger partial charge in [0.25, 0.3) is 5.91 Å². The van der Waals surface area contributed by atoms with E-state index in [0.29, 0.717) is 17.2 Å². The molecule has 136 valence electrons. The van der Waals surface area contributed by atoms with Crippen LogP contribution in [0, 0.1) is 0 Å². The van der Waals surface area contributed by atoms with Crippen LogP contribution in [0.3, 0.4) is 0 Å². The number of fused-ring (bicyclic) bond motifs is 1. The number of rotatable bonds is 4. The van der Waals surface area contributed by atoms with Crippen LogP contribution in [0.2, 0.25) is 5.02 Å². The molecular formula is C20H21ClN2O3. The molecule has 26 heavy (non-hydrogen) atoms. The maximum absolute atomic E-state index is 12.6. The van der Waals surface area contributed by atoms with Gasteiger partial charge in [0.1, 0.15) is 11.5 Å². The van der Waals surface area contributed by atoms with Crippen LogP contribution < -0.4 is 19.7 Å². The lowest BCUT2D eigenvalue weighted by Gasteiger charge is -2.21. The minimum absolute atomic E-state index is 0.0374. The van der Waals surface area contributed by atoms with E-state index in [2.05, 4.69) is 10.2 Å². The lowest BCUT2D eigenvalue weighted by atomic mass is 10.1. The van der Waals surface area contributed by atoms with Gasteiger partial charge in [-0.05, 0) is 48.4 Å². The Labute approximate surface area is 157 Å². The van der Waals surface area contributed by atoms with Gasteiger partial charge in [-0.15, -0.1) is 0 Å². The van der Waals surface area contributed by atoms with Gasteiger partial charge in [0.2, 0.25) is 0 Å². The number of benzene rings is 2. The third kappa shape index (κ3) is 3.31. The van der Waals surface area contributed by atoms with Crippen LogP contribution in [0.5, 0.6) is 11.5 Å². The highest BCUT2D eigenvalue weighted by Gasteiger charge is 2.26.